The van der Waals surface area contributed by atoms with E-state index in [2.05, 4.69) is 0 Å². The van der Waals surface area contributed by atoms with Gasteiger partial charge in [-0.1, -0.05) is 27.2 Å². The van der Waals surface area contributed by atoms with Crippen LogP contribution < -0.4 is 0 Å². The second-order valence-corrected chi connectivity index (χ2v) is 4.86. The van der Waals surface area contributed by atoms with Crippen molar-refractivity contribution in [1.29, 1.82) is 0 Å². The first kappa shape index (κ1) is 9.94. The van der Waals surface area contributed by atoms with Crippen LogP contribution in [0.1, 0.15) is 40.0 Å². The lowest BCUT2D eigenvalue weighted by molar-refractivity contribution is 0.0119. The average molecular weight is 176 g/mol. The molecule has 72 valence electrons. The molecule has 3 unspecified atom stereocenters. The summed E-state index contributed by atoms with van der Waals surface area (Å²) in [7, 11) is 0. The maximum atomic E-state index is 13.4. The molecule has 12 heavy (non-hydrogen) atoms. The van der Waals surface area contributed by atoms with Crippen molar-refractivity contribution in [2.24, 2.45) is 11.3 Å². The van der Waals surface area contributed by atoms with Gasteiger partial charge in [0.25, 0.3) is 0 Å². The van der Waals surface area contributed by atoms with Gasteiger partial charge in [-0.15, -0.1) is 0 Å². The SMILES string of the molecule is CC(C)(C)C1CCCC(F)C1F. The van der Waals surface area contributed by atoms with Crippen LogP contribution in [0.4, 0.5) is 8.78 Å². The second-order valence-electron chi connectivity index (χ2n) is 4.86. The van der Waals surface area contributed by atoms with Crippen LogP contribution in [0.3, 0.4) is 0 Å². The van der Waals surface area contributed by atoms with Crippen LogP contribution in [0.2, 0.25) is 0 Å². The first-order valence-electron chi connectivity index (χ1n) is 4.71. The summed E-state index contributed by atoms with van der Waals surface area (Å²) < 4.78 is 26.3. The molecule has 1 saturated carbocycles. The zero-order chi connectivity index (χ0) is 9.35. The molecule has 1 aliphatic carbocycles. The summed E-state index contributed by atoms with van der Waals surface area (Å²) in [6.07, 6.45) is -0.371. The van der Waals surface area contributed by atoms with Gasteiger partial charge >= 0.3 is 0 Å². The fraction of sp³-hybridized carbons (Fsp3) is 1.00. The van der Waals surface area contributed by atoms with E-state index in [4.69, 9.17) is 0 Å². The van der Waals surface area contributed by atoms with E-state index in [0.29, 0.717) is 6.42 Å². The van der Waals surface area contributed by atoms with Crippen molar-refractivity contribution in [3.63, 3.8) is 0 Å². The largest absolute Gasteiger partial charge is 0.244 e. The van der Waals surface area contributed by atoms with Crippen LogP contribution in [0.15, 0.2) is 0 Å². The minimum atomic E-state index is -1.24. The van der Waals surface area contributed by atoms with Crippen molar-refractivity contribution in [2.45, 2.75) is 52.4 Å². The highest BCUT2D eigenvalue weighted by Crippen LogP contribution is 2.40. The highest BCUT2D eigenvalue weighted by molar-refractivity contribution is 4.88. The molecule has 0 aromatic carbocycles. The summed E-state index contributed by atoms with van der Waals surface area (Å²) >= 11 is 0. The summed E-state index contributed by atoms with van der Waals surface area (Å²) in [6.45, 7) is 5.97. The van der Waals surface area contributed by atoms with Gasteiger partial charge in [-0.2, -0.15) is 0 Å². The van der Waals surface area contributed by atoms with Gasteiger partial charge in [0, 0.05) is 0 Å². The minimum Gasteiger partial charge on any atom is -0.244 e. The Balaban J connectivity index is 2.64. The summed E-state index contributed by atoms with van der Waals surface area (Å²) in [5.41, 5.74) is -0.0931. The molecule has 0 N–H and O–H groups in total. The van der Waals surface area contributed by atoms with E-state index < -0.39 is 12.3 Å². The Bertz CT molecular complexity index is 148. The Labute approximate surface area is 73.3 Å². The summed E-state index contributed by atoms with van der Waals surface area (Å²) in [5, 5.41) is 0. The van der Waals surface area contributed by atoms with Gasteiger partial charge < -0.3 is 0 Å². The molecule has 0 aromatic rings. The van der Waals surface area contributed by atoms with E-state index >= 15 is 0 Å². The summed E-state index contributed by atoms with van der Waals surface area (Å²) in [6, 6.07) is 0. The topological polar surface area (TPSA) is 0 Å². The molecule has 0 spiro atoms. The molecule has 0 saturated heterocycles. The first-order chi connectivity index (χ1) is 5.43. The standard InChI is InChI=1S/C10H18F2/c1-10(2,3)7-5-4-6-8(11)9(7)12/h7-9H,4-6H2,1-3H3. The third-order valence-corrected chi connectivity index (χ3v) is 2.84. The lowest BCUT2D eigenvalue weighted by atomic mass is 9.71. The molecule has 1 aliphatic rings. The fourth-order valence-electron chi connectivity index (χ4n) is 2.01. The quantitative estimate of drug-likeness (QED) is 0.530. The monoisotopic (exact) mass is 176 g/mol. The zero-order valence-electron chi connectivity index (χ0n) is 8.11. The molecule has 3 atom stereocenters. The molecule has 2 heteroatoms. The van der Waals surface area contributed by atoms with Crippen molar-refractivity contribution in [1.82, 2.24) is 0 Å². The van der Waals surface area contributed by atoms with Gasteiger partial charge in [0.1, 0.15) is 12.3 Å². The highest BCUT2D eigenvalue weighted by atomic mass is 19.2. The normalized spacial score (nSPS) is 38.2. The number of halogens is 2. The molecule has 0 aliphatic heterocycles. The first-order valence-corrected chi connectivity index (χ1v) is 4.71. The van der Waals surface area contributed by atoms with Crippen molar-refractivity contribution in [2.75, 3.05) is 0 Å². The van der Waals surface area contributed by atoms with E-state index in [1.54, 1.807) is 0 Å². The van der Waals surface area contributed by atoms with E-state index in [9.17, 15) is 8.78 Å². The van der Waals surface area contributed by atoms with E-state index in [-0.39, 0.29) is 11.3 Å². The molecule has 1 rings (SSSR count). The molecule has 0 heterocycles. The van der Waals surface area contributed by atoms with Gasteiger partial charge in [-0.05, 0) is 24.2 Å². The van der Waals surface area contributed by atoms with Gasteiger partial charge in [0.05, 0.1) is 0 Å². The average Bonchev–Trinajstić information content (AvgIpc) is 1.92. The van der Waals surface area contributed by atoms with Crippen LogP contribution in [0, 0.1) is 11.3 Å². The summed E-state index contributed by atoms with van der Waals surface area (Å²) in [4.78, 5) is 0. The second kappa shape index (κ2) is 3.31. The van der Waals surface area contributed by atoms with E-state index in [0.717, 1.165) is 12.8 Å². The molecule has 0 aromatic heterocycles. The predicted octanol–water partition coefficient (Wildman–Crippen LogP) is 3.51. The predicted molar refractivity (Wildman–Crippen MR) is 46.6 cm³/mol. The fourth-order valence-corrected chi connectivity index (χ4v) is 2.01. The van der Waals surface area contributed by atoms with Gasteiger partial charge in [0.2, 0.25) is 0 Å². The minimum absolute atomic E-state index is 0.0931. The van der Waals surface area contributed by atoms with Crippen molar-refractivity contribution in [3.05, 3.63) is 0 Å². The molecule has 0 amide bonds. The third-order valence-electron chi connectivity index (χ3n) is 2.84. The third kappa shape index (κ3) is 1.96. The van der Waals surface area contributed by atoms with Gasteiger partial charge in [-0.25, -0.2) is 8.78 Å². The van der Waals surface area contributed by atoms with Crippen molar-refractivity contribution in [3.8, 4) is 0 Å². The number of hydrogen-bond acceptors (Lipinski definition) is 0. The summed E-state index contributed by atoms with van der Waals surface area (Å²) in [5.74, 6) is -0.0961. The Morgan fingerprint density at radius 2 is 1.67 bits per heavy atom. The van der Waals surface area contributed by atoms with Crippen LogP contribution in [-0.2, 0) is 0 Å². The van der Waals surface area contributed by atoms with Crippen LogP contribution in [-0.4, -0.2) is 12.3 Å². The number of rotatable bonds is 0. The molecular weight excluding hydrogens is 158 g/mol. The lowest BCUT2D eigenvalue weighted by Gasteiger charge is -2.37. The molecule has 0 radical (unpaired) electrons. The molecule has 0 nitrogen and oxygen atoms in total. The molecular formula is C10H18F2. The molecule has 0 bridgehead atoms. The maximum Gasteiger partial charge on any atom is 0.134 e. The molecule has 1 fully saturated rings. The van der Waals surface area contributed by atoms with Gasteiger partial charge in [-0.3, -0.25) is 0 Å². The Hall–Kier alpha value is -0.140. The van der Waals surface area contributed by atoms with Gasteiger partial charge in [0.15, 0.2) is 0 Å². The van der Waals surface area contributed by atoms with E-state index in [1.807, 2.05) is 20.8 Å². The van der Waals surface area contributed by atoms with Crippen molar-refractivity contribution < 1.29 is 8.78 Å². The van der Waals surface area contributed by atoms with E-state index in [1.165, 1.54) is 0 Å². The number of alkyl halides is 2. The highest BCUT2D eigenvalue weighted by Gasteiger charge is 2.39. The number of hydrogen-bond donors (Lipinski definition) is 0. The van der Waals surface area contributed by atoms with Crippen LogP contribution >= 0.6 is 0 Å². The maximum absolute atomic E-state index is 13.4. The zero-order valence-corrected chi connectivity index (χ0v) is 8.11. The lowest BCUT2D eigenvalue weighted by Crippen LogP contribution is -2.38. The smallest absolute Gasteiger partial charge is 0.134 e. The van der Waals surface area contributed by atoms with Crippen molar-refractivity contribution >= 4 is 0 Å². The Kier molecular flexibility index (Phi) is 2.74. The van der Waals surface area contributed by atoms with Crippen LogP contribution in [0.25, 0.3) is 0 Å². The Morgan fingerprint density at radius 3 is 2.08 bits per heavy atom. The van der Waals surface area contributed by atoms with Crippen LogP contribution in [0.5, 0.6) is 0 Å². The Morgan fingerprint density at radius 1 is 1.08 bits per heavy atom.